The molecule has 0 saturated heterocycles. The van der Waals surface area contributed by atoms with E-state index in [1.165, 1.54) is 17.2 Å². The number of aromatic nitrogens is 4. The van der Waals surface area contributed by atoms with Crippen LogP contribution in [0.3, 0.4) is 0 Å². The molecule has 1 atom stereocenters. The number of hydrogen-bond donors (Lipinski definition) is 4. The quantitative estimate of drug-likeness (QED) is 0.588. The Labute approximate surface area is 107 Å². The van der Waals surface area contributed by atoms with Crippen molar-refractivity contribution in [2.45, 2.75) is 18.6 Å². The molecule has 8 heteroatoms. The van der Waals surface area contributed by atoms with Crippen LogP contribution in [0.25, 0.3) is 11.2 Å². The standard InChI is InChI=1S/C11H14FN5O2/c12-11(1-10(11,3-18)4-19)2-17-6-16-9-7(8(17)13)14-5-15-9/h5-6,13,18-19H,1-4H2,(H,14,15)/t11-/m1/s1. The second kappa shape index (κ2) is 3.84. The van der Waals surface area contributed by atoms with Crippen LogP contribution in [0.5, 0.6) is 0 Å². The first-order chi connectivity index (χ1) is 9.05. The molecule has 0 unspecified atom stereocenters. The summed E-state index contributed by atoms with van der Waals surface area (Å²) in [6.45, 7) is -0.934. The van der Waals surface area contributed by atoms with Gasteiger partial charge in [0.25, 0.3) is 0 Å². The van der Waals surface area contributed by atoms with Crippen LogP contribution in [0.2, 0.25) is 0 Å². The van der Waals surface area contributed by atoms with E-state index in [2.05, 4.69) is 15.0 Å². The van der Waals surface area contributed by atoms with Crippen molar-refractivity contribution in [3.8, 4) is 0 Å². The lowest BCUT2D eigenvalue weighted by molar-refractivity contribution is 0.0721. The Morgan fingerprint density at radius 1 is 1.42 bits per heavy atom. The molecule has 2 heterocycles. The van der Waals surface area contributed by atoms with Crippen molar-refractivity contribution in [1.29, 1.82) is 5.41 Å². The van der Waals surface area contributed by atoms with Gasteiger partial charge < -0.3 is 19.8 Å². The van der Waals surface area contributed by atoms with Crippen LogP contribution < -0.4 is 5.49 Å². The maximum Gasteiger partial charge on any atom is 0.182 e. The number of aromatic amines is 1. The molecule has 0 radical (unpaired) electrons. The second-order valence-corrected chi connectivity index (χ2v) is 5.06. The minimum atomic E-state index is -1.70. The summed E-state index contributed by atoms with van der Waals surface area (Å²) in [5.74, 6) is 0. The maximum atomic E-state index is 14.5. The molecule has 7 nitrogen and oxygen atoms in total. The minimum Gasteiger partial charge on any atom is -0.396 e. The van der Waals surface area contributed by atoms with Crippen LogP contribution in [-0.4, -0.2) is 48.6 Å². The zero-order chi connectivity index (χ0) is 13.7. The fourth-order valence-electron chi connectivity index (χ4n) is 2.44. The van der Waals surface area contributed by atoms with Crippen molar-refractivity contribution in [3.63, 3.8) is 0 Å². The van der Waals surface area contributed by atoms with Crippen LogP contribution in [-0.2, 0) is 6.54 Å². The fraction of sp³-hybridized carbons (Fsp3) is 0.545. The first-order valence-electron chi connectivity index (χ1n) is 5.89. The van der Waals surface area contributed by atoms with Gasteiger partial charge in [-0.2, -0.15) is 0 Å². The molecule has 4 N–H and O–H groups in total. The molecule has 1 fully saturated rings. The summed E-state index contributed by atoms with van der Waals surface area (Å²) in [5, 5.41) is 26.3. The molecule has 2 aromatic heterocycles. The molecule has 19 heavy (non-hydrogen) atoms. The molecule has 0 aromatic carbocycles. The smallest absolute Gasteiger partial charge is 0.182 e. The zero-order valence-corrected chi connectivity index (χ0v) is 10.1. The lowest BCUT2D eigenvalue weighted by Gasteiger charge is -2.16. The maximum absolute atomic E-state index is 14.5. The average molecular weight is 267 g/mol. The van der Waals surface area contributed by atoms with Crippen molar-refractivity contribution in [2.75, 3.05) is 13.2 Å². The van der Waals surface area contributed by atoms with Gasteiger partial charge in [0.2, 0.25) is 0 Å². The summed E-state index contributed by atoms with van der Waals surface area (Å²) >= 11 is 0. The number of aliphatic hydroxyl groups excluding tert-OH is 2. The molecule has 1 saturated carbocycles. The SMILES string of the molecule is N=c1c2[nH]cnc2ncn1C[C@]1(F)CC1(CO)CO. The monoisotopic (exact) mass is 267 g/mol. The van der Waals surface area contributed by atoms with Gasteiger partial charge >= 0.3 is 0 Å². The van der Waals surface area contributed by atoms with Crippen molar-refractivity contribution in [3.05, 3.63) is 18.1 Å². The zero-order valence-electron chi connectivity index (χ0n) is 10.1. The predicted octanol–water partition coefficient (Wildman–Crippen LogP) is -0.678. The van der Waals surface area contributed by atoms with Crippen LogP contribution >= 0.6 is 0 Å². The Hall–Kier alpha value is -1.80. The van der Waals surface area contributed by atoms with Gasteiger partial charge in [0.15, 0.2) is 11.1 Å². The number of halogens is 1. The van der Waals surface area contributed by atoms with Crippen molar-refractivity contribution >= 4 is 11.2 Å². The van der Waals surface area contributed by atoms with E-state index >= 15 is 0 Å². The van der Waals surface area contributed by atoms with Crippen LogP contribution in [0.15, 0.2) is 12.7 Å². The van der Waals surface area contributed by atoms with E-state index in [1.807, 2.05) is 0 Å². The van der Waals surface area contributed by atoms with Crippen LogP contribution in [0.1, 0.15) is 6.42 Å². The summed E-state index contributed by atoms with van der Waals surface area (Å²) < 4.78 is 15.9. The van der Waals surface area contributed by atoms with Gasteiger partial charge in [0, 0.05) is 0 Å². The highest BCUT2D eigenvalue weighted by atomic mass is 19.1. The van der Waals surface area contributed by atoms with Crippen molar-refractivity contribution < 1.29 is 14.6 Å². The molecule has 0 aliphatic heterocycles. The van der Waals surface area contributed by atoms with E-state index in [0.29, 0.717) is 11.2 Å². The average Bonchev–Trinajstić information content (AvgIpc) is 2.76. The van der Waals surface area contributed by atoms with Crippen LogP contribution in [0.4, 0.5) is 4.39 Å². The van der Waals surface area contributed by atoms with E-state index in [0.717, 1.165) is 0 Å². The third kappa shape index (κ3) is 1.60. The molecule has 0 bridgehead atoms. The number of imidazole rings is 1. The largest absolute Gasteiger partial charge is 0.396 e. The molecule has 1 aliphatic carbocycles. The lowest BCUT2D eigenvalue weighted by atomic mass is 10.1. The van der Waals surface area contributed by atoms with E-state index in [9.17, 15) is 14.6 Å². The molecular formula is C11H14FN5O2. The third-order valence-corrected chi connectivity index (χ3v) is 3.93. The molecule has 3 rings (SSSR count). The lowest BCUT2D eigenvalue weighted by Crippen LogP contribution is -2.32. The molecular weight excluding hydrogens is 253 g/mol. The number of alkyl halides is 1. The number of aliphatic hydroxyl groups is 2. The topological polar surface area (TPSA) is 111 Å². The van der Waals surface area contributed by atoms with E-state index in [4.69, 9.17) is 5.41 Å². The number of nitrogens with one attached hydrogen (secondary N) is 2. The van der Waals surface area contributed by atoms with Gasteiger partial charge in [-0.25, -0.2) is 14.4 Å². The Balaban J connectivity index is 1.95. The summed E-state index contributed by atoms with van der Waals surface area (Å²) in [6.07, 6.45) is 2.86. The van der Waals surface area contributed by atoms with Gasteiger partial charge in [-0.05, 0) is 6.42 Å². The molecule has 1 aliphatic rings. The van der Waals surface area contributed by atoms with E-state index in [1.54, 1.807) is 0 Å². The molecule has 0 amide bonds. The van der Waals surface area contributed by atoms with Gasteiger partial charge in [0.1, 0.15) is 11.2 Å². The summed E-state index contributed by atoms with van der Waals surface area (Å²) in [7, 11) is 0. The summed E-state index contributed by atoms with van der Waals surface area (Å²) in [6, 6.07) is 0. The van der Waals surface area contributed by atoms with Gasteiger partial charge in [-0.1, -0.05) is 0 Å². The normalized spacial score (nSPS) is 24.8. The molecule has 0 spiro atoms. The Bertz CT molecular complexity index is 677. The highest BCUT2D eigenvalue weighted by molar-refractivity contribution is 5.67. The number of rotatable bonds is 4. The first kappa shape index (κ1) is 12.2. The predicted molar refractivity (Wildman–Crippen MR) is 62.8 cm³/mol. The Kier molecular flexibility index (Phi) is 2.48. The van der Waals surface area contributed by atoms with Gasteiger partial charge in [-0.15, -0.1) is 0 Å². The van der Waals surface area contributed by atoms with Crippen LogP contribution in [0, 0.1) is 10.8 Å². The Morgan fingerprint density at radius 2 is 2.16 bits per heavy atom. The number of hydrogen-bond acceptors (Lipinski definition) is 5. The van der Waals surface area contributed by atoms with E-state index in [-0.39, 0.29) is 18.5 Å². The summed E-state index contributed by atoms with van der Waals surface area (Å²) in [4.78, 5) is 10.7. The Morgan fingerprint density at radius 3 is 2.79 bits per heavy atom. The van der Waals surface area contributed by atoms with Crippen molar-refractivity contribution in [2.24, 2.45) is 5.41 Å². The summed E-state index contributed by atoms with van der Waals surface area (Å²) in [5.41, 5.74) is -1.89. The fourth-order valence-corrected chi connectivity index (χ4v) is 2.44. The molecule has 2 aromatic rings. The highest BCUT2D eigenvalue weighted by Gasteiger charge is 2.68. The van der Waals surface area contributed by atoms with Crippen molar-refractivity contribution in [1.82, 2.24) is 19.5 Å². The second-order valence-electron chi connectivity index (χ2n) is 5.06. The number of nitrogens with zero attached hydrogens (tertiary/aromatic N) is 3. The minimum absolute atomic E-state index is 0.0798. The number of H-pyrrole nitrogens is 1. The van der Waals surface area contributed by atoms with E-state index < -0.39 is 24.3 Å². The first-order valence-corrected chi connectivity index (χ1v) is 5.89. The van der Waals surface area contributed by atoms with Gasteiger partial charge in [0.05, 0.1) is 37.8 Å². The molecule has 102 valence electrons. The highest BCUT2D eigenvalue weighted by Crippen LogP contribution is 2.59. The number of fused-ring (bicyclic) bond motifs is 1. The third-order valence-electron chi connectivity index (χ3n) is 3.93. The van der Waals surface area contributed by atoms with Gasteiger partial charge in [-0.3, -0.25) is 5.41 Å².